The number of carboxylic acids is 1. The average molecular weight is 278 g/mol. The first-order chi connectivity index (χ1) is 9.43. The van der Waals surface area contributed by atoms with Crippen LogP contribution < -0.4 is 10.6 Å². The second-order valence-corrected chi connectivity index (χ2v) is 5.06. The van der Waals surface area contributed by atoms with Gasteiger partial charge in [0.25, 0.3) is 0 Å². The van der Waals surface area contributed by atoms with E-state index in [4.69, 9.17) is 5.11 Å². The summed E-state index contributed by atoms with van der Waals surface area (Å²) in [5.41, 5.74) is 1.78. The second kappa shape index (κ2) is 7.53. The van der Waals surface area contributed by atoms with Crippen molar-refractivity contribution in [2.75, 3.05) is 5.32 Å². The molecule has 5 nitrogen and oxygen atoms in total. The molecule has 0 fully saturated rings. The van der Waals surface area contributed by atoms with Gasteiger partial charge in [-0.25, -0.2) is 9.59 Å². The van der Waals surface area contributed by atoms with Gasteiger partial charge in [-0.3, -0.25) is 0 Å². The van der Waals surface area contributed by atoms with E-state index in [0.717, 1.165) is 5.56 Å². The minimum atomic E-state index is -1.02. The fraction of sp³-hybridized carbons (Fsp3) is 0.467. The number of aliphatic carboxylic acids is 1. The van der Waals surface area contributed by atoms with Crippen LogP contribution in [0.2, 0.25) is 0 Å². The Balaban J connectivity index is 2.65. The van der Waals surface area contributed by atoms with Crippen molar-refractivity contribution in [3.63, 3.8) is 0 Å². The lowest BCUT2D eigenvalue weighted by Crippen LogP contribution is -2.42. The Labute approximate surface area is 119 Å². The van der Waals surface area contributed by atoms with Crippen LogP contribution in [0.15, 0.2) is 24.3 Å². The molecule has 5 heteroatoms. The summed E-state index contributed by atoms with van der Waals surface area (Å²) in [5, 5.41) is 14.1. The van der Waals surface area contributed by atoms with E-state index in [1.807, 2.05) is 25.1 Å². The van der Waals surface area contributed by atoms with Crippen molar-refractivity contribution in [3.05, 3.63) is 29.8 Å². The molecule has 1 aromatic rings. The Bertz CT molecular complexity index is 472. The lowest BCUT2D eigenvalue weighted by molar-refractivity contribution is -0.139. The van der Waals surface area contributed by atoms with Crippen LogP contribution >= 0.6 is 0 Å². The van der Waals surface area contributed by atoms with Gasteiger partial charge in [0.1, 0.15) is 6.04 Å². The van der Waals surface area contributed by atoms with Crippen molar-refractivity contribution in [1.82, 2.24) is 5.32 Å². The first-order valence-electron chi connectivity index (χ1n) is 6.84. The minimum absolute atomic E-state index is 0.367. The van der Waals surface area contributed by atoms with E-state index >= 15 is 0 Å². The van der Waals surface area contributed by atoms with Gasteiger partial charge < -0.3 is 15.7 Å². The quantitative estimate of drug-likeness (QED) is 0.747. The first-order valence-corrected chi connectivity index (χ1v) is 6.84. The Morgan fingerprint density at radius 2 is 2.00 bits per heavy atom. The summed E-state index contributed by atoms with van der Waals surface area (Å²) in [6, 6.07) is 6.18. The molecule has 0 radical (unpaired) electrons. The van der Waals surface area contributed by atoms with Gasteiger partial charge in [0.05, 0.1) is 0 Å². The van der Waals surface area contributed by atoms with Gasteiger partial charge in [-0.15, -0.1) is 0 Å². The number of urea groups is 1. The highest BCUT2D eigenvalue weighted by atomic mass is 16.4. The van der Waals surface area contributed by atoms with E-state index in [2.05, 4.69) is 24.5 Å². The van der Waals surface area contributed by atoms with Crippen molar-refractivity contribution in [2.24, 2.45) is 0 Å². The summed E-state index contributed by atoms with van der Waals surface area (Å²) in [5.74, 6) is -0.649. The van der Waals surface area contributed by atoms with Gasteiger partial charge in [-0.05, 0) is 30.0 Å². The van der Waals surface area contributed by atoms with Crippen molar-refractivity contribution >= 4 is 17.7 Å². The molecule has 0 unspecified atom stereocenters. The highest BCUT2D eigenvalue weighted by Gasteiger charge is 2.18. The number of amides is 2. The Kier molecular flexibility index (Phi) is 6.03. The van der Waals surface area contributed by atoms with Crippen LogP contribution in [0.4, 0.5) is 10.5 Å². The van der Waals surface area contributed by atoms with Crippen LogP contribution in [0, 0.1) is 0 Å². The lowest BCUT2D eigenvalue weighted by Gasteiger charge is -2.15. The van der Waals surface area contributed by atoms with Crippen LogP contribution in [-0.2, 0) is 4.79 Å². The molecule has 0 aliphatic rings. The fourth-order valence-electron chi connectivity index (χ4n) is 1.85. The largest absolute Gasteiger partial charge is 0.480 e. The van der Waals surface area contributed by atoms with Gasteiger partial charge in [0.2, 0.25) is 0 Å². The molecule has 0 aliphatic heterocycles. The third-order valence-corrected chi connectivity index (χ3v) is 2.99. The molecule has 110 valence electrons. The van der Waals surface area contributed by atoms with Crippen molar-refractivity contribution < 1.29 is 14.7 Å². The number of nitrogens with one attached hydrogen (secondary N) is 2. The Hall–Kier alpha value is -2.04. The predicted octanol–water partition coefficient (Wildman–Crippen LogP) is 3.18. The number of carboxylic acid groups (broad SMARTS) is 1. The fourth-order valence-corrected chi connectivity index (χ4v) is 1.85. The number of carbonyl (C=O) groups excluding carboxylic acids is 1. The van der Waals surface area contributed by atoms with Crippen LogP contribution in [0.3, 0.4) is 0 Å². The molecular formula is C15H22N2O3. The average Bonchev–Trinajstić information content (AvgIpc) is 2.38. The van der Waals surface area contributed by atoms with Crippen molar-refractivity contribution in [2.45, 2.75) is 45.6 Å². The number of benzene rings is 1. The summed E-state index contributed by atoms with van der Waals surface area (Å²) in [6.07, 6.45) is 1.11. The molecule has 20 heavy (non-hydrogen) atoms. The predicted molar refractivity (Wildman–Crippen MR) is 79.0 cm³/mol. The summed E-state index contributed by atoms with van der Waals surface area (Å²) >= 11 is 0. The number of rotatable bonds is 6. The topological polar surface area (TPSA) is 78.4 Å². The van der Waals surface area contributed by atoms with Crippen LogP contribution in [0.25, 0.3) is 0 Å². The highest BCUT2D eigenvalue weighted by Crippen LogP contribution is 2.18. The number of anilines is 1. The first kappa shape index (κ1) is 16.0. The molecule has 0 saturated carbocycles. The molecule has 1 rings (SSSR count). The molecule has 0 spiro atoms. The zero-order valence-corrected chi connectivity index (χ0v) is 12.1. The van der Waals surface area contributed by atoms with Gasteiger partial charge in [0.15, 0.2) is 0 Å². The SMILES string of the molecule is CCC[C@@H](NC(=O)Nc1cccc(C(C)C)c1)C(=O)O. The Morgan fingerprint density at radius 3 is 2.55 bits per heavy atom. The molecule has 0 saturated heterocycles. The molecule has 0 bridgehead atoms. The van der Waals surface area contributed by atoms with Gasteiger partial charge in [-0.1, -0.05) is 39.3 Å². The zero-order chi connectivity index (χ0) is 15.1. The maximum absolute atomic E-state index is 11.8. The molecular weight excluding hydrogens is 256 g/mol. The van der Waals surface area contributed by atoms with E-state index < -0.39 is 18.0 Å². The minimum Gasteiger partial charge on any atom is -0.480 e. The number of hydrogen-bond acceptors (Lipinski definition) is 2. The van der Waals surface area contributed by atoms with Gasteiger partial charge in [-0.2, -0.15) is 0 Å². The maximum atomic E-state index is 11.8. The van der Waals surface area contributed by atoms with Crippen LogP contribution in [0.5, 0.6) is 0 Å². The molecule has 2 amide bonds. The van der Waals surface area contributed by atoms with Gasteiger partial charge in [0, 0.05) is 5.69 Å². The van der Waals surface area contributed by atoms with Crippen molar-refractivity contribution in [3.8, 4) is 0 Å². The van der Waals surface area contributed by atoms with E-state index in [1.54, 1.807) is 6.07 Å². The lowest BCUT2D eigenvalue weighted by atomic mass is 10.0. The van der Waals surface area contributed by atoms with E-state index in [-0.39, 0.29) is 0 Å². The van der Waals surface area contributed by atoms with Crippen LogP contribution in [0.1, 0.15) is 45.1 Å². The monoisotopic (exact) mass is 278 g/mol. The summed E-state index contributed by atoms with van der Waals surface area (Å²) in [4.78, 5) is 22.8. The molecule has 1 atom stereocenters. The molecule has 3 N–H and O–H groups in total. The smallest absolute Gasteiger partial charge is 0.326 e. The number of carbonyl (C=O) groups is 2. The summed E-state index contributed by atoms with van der Waals surface area (Å²) < 4.78 is 0. The highest BCUT2D eigenvalue weighted by molar-refractivity contribution is 5.92. The van der Waals surface area contributed by atoms with E-state index in [0.29, 0.717) is 24.4 Å². The molecule has 0 heterocycles. The third-order valence-electron chi connectivity index (χ3n) is 2.99. The Morgan fingerprint density at radius 1 is 1.30 bits per heavy atom. The molecule has 0 aromatic heterocycles. The van der Waals surface area contributed by atoms with Crippen molar-refractivity contribution in [1.29, 1.82) is 0 Å². The third kappa shape index (κ3) is 4.91. The maximum Gasteiger partial charge on any atom is 0.326 e. The van der Waals surface area contributed by atoms with E-state index in [9.17, 15) is 9.59 Å². The van der Waals surface area contributed by atoms with Crippen LogP contribution in [-0.4, -0.2) is 23.1 Å². The second-order valence-electron chi connectivity index (χ2n) is 5.06. The summed E-state index contributed by atoms with van der Waals surface area (Å²) in [7, 11) is 0. The van der Waals surface area contributed by atoms with Gasteiger partial charge >= 0.3 is 12.0 Å². The standard InChI is InChI=1S/C15H22N2O3/c1-4-6-13(14(18)19)17-15(20)16-12-8-5-7-11(9-12)10(2)3/h5,7-10,13H,4,6H2,1-3H3,(H,18,19)(H2,16,17,20)/t13-/m1/s1. The van der Waals surface area contributed by atoms with E-state index in [1.165, 1.54) is 0 Å². The zero-order valence-electron chi connectivity index (χ0n) is 12.1. The summed E-state index contributed by atoms with van der Waals surface area (Å²) in [6.45, 7) is 6.02. The normalized spacial score (nSPS) is 12.0. The number of hydrogen-bond donors (Lipinski definition) is 3. The molecule has 1 aromatic carbocycles. The molecule has 0 aliphatic carbocycles.